The van der Waals surface area contributed by atoms with Crippen LogP contribution >= 0.6 is 0 Å². The molecule has 1 rings (SSSR count). The highest BCUT2D eigenvalue weighted by molar-refractivity contribution is 5.97. The van der Waals surface area contributed by atoms with E-state index in [1.165, 1.54) is 29.4 Å². The molecule has 0 bridgehead atoms. The van der Waals surface area contributed by atoms with Gasteiger partial charge in [0.1, 0.15) is 12.9 Å². The van der Waals surface area contributed by atoms with Crippen LogP contribution in [0.2, 0.25) is 0 Å². The molecule has 0 amide bonds. The fraction of sp³-hybridized carbons (Fsp3) is 0.182. The first kappa shape index (κ1) is 11.9. The third-order valence-electron chi connectivity index (χ3n) is 1.63. The highest BCUT2D eigenvalue weighted by Crippen LogP contribution is 1.95. The average Bonchev–Trinajstić information content (AvgIpc) is 2.76. The normalized spacial score (nSPS) is 10.9. The topological polar surface area (TPSA) is 56.5 Å². The summed E-state index contributed by atoms with van der Waals surface area (Å²) in [6.07, 6.45) is 5.39. The molecule has 5 nitrogen and oxygen atoms in total. The number of aliphatic imine (C=N–C) groups is 1. The van der Waals surface area contributed by atoms with Crippen LogP contribution in [0.1, 0.15) is 6.92 Å². The Kier molecular flexibility index (Phi) is 4.20. The van der Waals surface area contributed by atoms with Gasteiger partial charge in [0.2, 0.25) is 0 Å². The maximum atomic E-state index is 11.4. The Morgan fingerprint density at radius 1 is 1.69 bits per heavy atom. The van der Waals surface area contributed by atoms with Crippen LogP contribution in [-0.4, -0.2) is 28.0 Å². The number of nitrogens with zero attached hydrogens (tertiary/aromatic N) is 3. The first-order valence-corrected chi connectivity index (χ1v) is 4.64. The SMILES string of the molecule is C=CC(COC(=O)n1ccnc1)=NC(=C)C. The third-order valence-corrected chi connectivity index (χ3v) is 1.63. The summed E-state index contributed by atoms with van der Waals surface area (Å²) in [6, 6.07) is 0. The Labute approximate surface area is 93.8 Å². The first-order valence-electron chi connectivity index (χ1n) is 4.64. The molecule has 0 aliphatic rings. The Hall–Kier alpha value is -2.17. The Morgan fingerprint density at radius 2 is 2.44 bits per heavy atom. The number of carbonyl (C=O) groups excluding carboxylic acids is 1. The quantitative estimate of drug-likeness (QED) is 0.728. The molecule has 0 saturated carbocycles. The zero-order valence-electron chi connectivity index (χ0n) is 9.09. The molecular formula is C11H13N3O2. The van der Waals surface area contributed by atoms with Gasteiger partial charge in [-0.25, -0.2) is 14.3 Å². The molecule has 0 aliphatic carbocycles. The van der Waals surface area contributed by atoms with Crippen molar-refractivity contribution < 1.29 is 9.53 Å². The van der Waals surface area contributed by atoms with Gasteiger partial charge >= 0.3 is 6.09 Å². The smallest absolute Gasteiger partial charge is 0.419 e. The molecule has 0 unspecified atom stereocenters. The van der Waals surface area contributed by atoms with Crippen LogP contribution in [0.15, 0.2) is 48.6 Å². The minimum atomic E-state index is -0.506. The number of rotatable bonds is 4. The lowest BCUT2D eigenvalue weighted by Gasteiger charge is -2.04. The van der Waals surface area contributed by atoms with Crippen molar-refractivity contribution in [1.82, 2.24) is 9.55 Å². The summed E-state index contributed by atoms with van der Waals surface area (Å²) in [4.78, 5) is 19.2. The van der Waals surface area contributed by atoms with Gasteiger partial charge in [-0.1, -0.05) is 13.2 Å². The maximum absolute atomic E-state index is 11.4. The van der Waals surface area contributed by atoms with Crippen LogP contribution in [0.5, 0.6) is 0 Å². The van der Waals surface area contributed by atoms with E-state index < -0.39 is 6.09 Å². The molecule has 16 heavy (non-hydrogen) atoms. The average molecular weight is 219 g/mol. The molecule has 0 aliphatic heterocycles. The molecule has 1 aromatic heterocycles. The summed E-state index contributed by atoms with van der Waals surface area (Å²) in [5, 5.41) is 0. The molecule has 0 radical (unpaired) electrons. The maximum Gasteiger partial charge on any atom is 0.419 e. The lowest BCUT2D eigenvalue weighted by Crippen LogP contribution is -2.16. The number of aromatic nitrogens is 2. The van der Waals surface area contributed by atoms with Gasteiger partial charge in [-0.05, 0) is 13.0 Å². The number of hydrogen-bond donors (Lipinski definition) is 0. The van der Waals surface area contributed by atoms with Gasteiger partial charge in [0.05, 0.1) is 5.71 Å². The molecule has 1 aromatic rings. The first-order chi connectivity index (χ1) is 7.63. The molecule has 0 N–H and O–H groups in total. The van der Waals surface area contributed by atoms with Gasteiger partial charge in [-0.3, -0.25) is 4.99 Å². The van der Waals surface area contributed by atoms with Crippen LogP contribution in [0.4, 0.5) is 4.79 Å². The zero-order valence-corrected chi connectivity index (χ0v) is 9.09. The summed E-state index contributed by atoms with van der Waals surface area (Å²) < 4.78 is 6.22. The van der Waals surface area contributed by atoms with Crippen molar-refractivity contribution in [2.45, 2.75) is 6.92 Å². The van der Waals surface area contributed by atoms with Gasteiger partial charge in [-0.15, -0.1) is 0 Å². The highest BCUT2D eigenvalue weighted by atomic mass is 16.5. The Balaban J connectivity index is 2.54. The van der Waals surface area contributed by atoms with E-state index in [0.717, 1.165) is 0 Å². The minimum absolute atomic E-state index is 0.0629. The van der Waals surface area contributed by atoms with Crippen LogP contribution in [0, 0.1) is 0 Å². The minimum Gasteiger partial charge on any atom is -0.442 e. The Morgan fingerprint density at radius 3 is 2.94 bits per heavy atom. The van der Waals surface area contributed by atoms with E-state index in [0.29, 0.717) is 11.4 Å². The summed E-state index contributed by atoms with van der Waals surface area (Å²) in [5.41, 5.74) is 1.19. The molecule has 0 saturated heterocycles. The molecule has 5 heteroatoms. The van der Waals surface area contributed by atoms with Crippen LogP contribution < -0.4 is 0 Å². The lowest BCUT2D eigenvalue weighted by atomic mass is 10.4. The van der Waals surface area contributed by atoms with E-state index in [2.05, 4.69) is 23.1 Å². The summed E-state index contributed by atoms with van der Waals surface area (Å²) in [5.74, 6) is 0. The van der Waals surface area contributed by atoms with Crippen LogP contribution in [-0.2, 0) is 4.74 Å². The summed E-state index contributed by atoms with van der Waals surface area (Å²) in [6.45, 7) is 9.02. The molecule has 0 atom stereocenters. The van der Waals surface area contributed by atoms with Crippen LogP contribution in [0.25, 0.3) is 0 Å². The van der Waals surface area contributed by atoms with E-state index >= 15 is 0 Å². The van der Waals surface area contributed by atoms with Crippen molar-refractivity contribution in [3.8, 4) is 0 Å². The molecular weight excluding hydrogens is 206 g/mol. The van der Waals surface area contributed by atoms with Crippen LogP contribution in [0.3, 0.4) is 0 Å². The standard InChI is InChI=1S/C11H13N3O2/c1-4-10(13-9(2)3)7-16-11(15)14-6-5-12-8-14/h4-6,8H,1-2,7H2,3H3. The predicted molar refractivity (Wildman–Crippen MR) is 61.4 cm³/mol. The monoisotopic (exact) mass is 219 g/mol. The fourth-order valence-corrected chi connectivity index (χ4v) is 0.959. The number of hydrogen-bond acceptors (Lipinski definition) is 4. The Bertz CT molecular complexity index is 418. The fourth-order valence-electron chi connectivity index (χ4n) is 0.959. The van der Waals surface area contributed by atoms with E-state index in [-0.39, 0.29) is 6.61 Å². The van der Waals surface area contributed by atoms with Crippen molar-refractivity contribution in [1.29, 1.82) is 0 Å². The number of imidazole rings is 1. The van der Waals surface area contributed by atoms with Crippen molar-refractivity contribution in [2.24, 2.45) is 4.99 Å². The summed E-state index contributed by atoms with van der Waals surface area (Å²) in [7, 11) is 0. The third kappa shape index (κ3) is 3.53. The predicted octanol–water partition coefficient (Wildman–Crippen LogP) is 2.03. The second kappa shape index (κ2) is 5.65. The van der Waals surface area contributed by atoms with E-state index in [1.807, 2.05) is 0 Å². The zero-order chi connectivity index (χ0) is 12.0. The van der Waals surface area contributed by atoms with E-state index in [4.69, 9.17) is 4.74 Å². The van der Waals surface area contributed by atoms with Crippen molar-refractivity contribution >= 4 is 11.8 Å². The number of carbonyl (C=O) groups is 1. The van der Waals surface area contributed by atoms with Crippen molar-refractivity contribution in [3.63, 3.8) is 0 Å². The molecule has 0 aromatic carbocycles. The lowest BCUT2D eigenvalue weighted by molar-refractivity contribution is 0.163. The summed E-state index contributed by atoms with van der Waals surface area (Å²) >= 11 is 0. The van der Waals surface area contributed by atoms with Gasteiger partial charge in [0.25, 0.3) is 0 Å². The molecule has 0 fully saturated rings. The van der Waals surface area contributed by atoms with Crippen molar-refractivity contribution in [3.05, 3.63) is 43.7 Å². The highest BCUT2D eigenvalue weighted by Gasteiger charge is 2.05. The molecule has 0 spiro atoms. The molecule has 1 heterocycles. The largest absolute Gasteiger partial charge is 0.442 e. The molecule has 84 valence electrons. The van der Waals surface area contributed by atoms with Gasteiger partial charge in [0.15, 0.2) is 0 Å². The van der Waals surface area contributed by atoms with Gasteiger partial charge in [0, 0.05) is 18.1 Å². The van der Waals surface area contributed by atoms with Crippen molar-refractivity contribution in [2.75, 3.05) is 6.61 Å². The number of allylic oxidation sites excluding steroid dienone is 1. The number of ether oxygens (including phenoxy) is 1. The van der Waals surface area contributed by atoms with Gasteiger partial charge in [-0.2, -0.15) is 0 Å². The second-order valence-corrected chi connectivity index (χ2v) is 3.07. The van der Waals surface area contributed by atoms with E-state index in [9.17, 15) is 4.79 Å². The second-order valence-electron chi connectivity index (χ2n) is 3.07. The van der Waals surface area contributed by atoms with E-state index in [1.54, 1.807) is 6.92 Å². The van der Waals surface area contributed by atoms with Gasteiger partial charge < -0.3 is 4.74 Å².